The van der Waals surface area contributed by atoms with Gasteiger partial charge in [0.25, 0.3) is 11.8 Å². The Morgan fingerprint density at radius 1 is 1.06 bits per heavy atom. The largest absolute Gasteiger partial charge is 0.351 e. The minimum atomic E-state index is -0.904. The number of carbonyl (C=O) groups is 2. The van der Waals surface area contributed by atoms with E-state index in [4.69, 9.17) is 5.41 Å². The van der Waals surface area contributed by atoms with Gasteiger partial charge in [0.05, 0.1) is 5.71 Å². The molecule has 3 N–H and O–H groups in total. The van der Waals surface area contributed by atoms with Gasteiger partial charge in [0.2, 0.25) is 0 Å². The molecule has 1 unspecified atom stereocenters. The number of anilines is 1. The van der Waals surface area contributed by atoms with Crippen LogP contribution in [0.15, 0.2) is 71.2 Å². The number of likely N-dealkylation sites (tertiary alicyclic amines) is 1. The van der Waals surface area contributed by atoms with Crippen molar-refractivity contribution in [3.8, 4) is 0 Å². The van der Waals surface area contributed by atoms with Gasteiger partial charge in [-0.15, -0.1) is 0 Å². The van der Waals surface area contributed by atoms with Gasteiger partial charge in [-0.2, -0.15) is 0 Å². The molecule has 2 aliphatic heterocycles. The maximum atomic E-state index is 13.0. The predicted molar refractivity (Wildman–Crippen MR) is 141 cm³/mol. The van der Waals surface area contributed by atoms with Crippen molar-refractivity contribution >= 4 is 28.9 Å². The van der Waals surface area contributed by atoms with Crippen molar-refractivity contribution in [2.45, 2.75) is 38.6 Å². The molecule has 2 amide bonds. The van der Waals surface area contributed by atoms with E-state index in [1.54, 1.807) is 12.1 Å². The summed E-state index contributed by atoms with van der Waals surface area (Å²) >= 11 is 0. The molecule has 182 valence electrons. The van der Waals surface area contributed by atoms with Crippen LogP contribution in [0.1, 0.15) is 48.5 Å². The van der Waals surface area contributed by atoms with Crippen molar-refractivity contribution in [3.63, 3.8) is 0 Å². The second-order valence-corrected chi connectivity index (χ2v) is 9.01. The fourth-order valence-electron chi connectivity index (χ4n) is 4.40. The number of benzene rings is 2. The highest BCUT2D eigenvalue weighted by Gasteiger charge is 2.26. The smallest absolute Gasteiger partial charge is 0.255 e. The lowest BCUT2D eigenvalue weighted by Gasteiger charge is -2.15. The standard InChI is InChI=1S/C28H33N5O2/c1-2-20-18-24(29)26(28(35)31-23-8-4-3-5-9-23)32-25(19-20)21-10-12-22(13-11-21)27(34)30-14-17-33-15-6-7-16-33/h3-5,8-13,19,26,29H,2,6-7,14-18H2,1H3,(H,30,34)(H,31,35). The molecule has 1 fully saturated rings. The molecule has 0 aliphatic carbocycles. The van der Waals surface area contributed by atoms with Crippen molar-refractivity contribution < 1.29 is 9.59 Å². The lowest BCUT2D eigenvalue weighted by atomic mass is 10.0. The van der Waals surface area contributed by atoms with Crippen LogP contribution in [0, 0.1) is 5.41 Å². The number of carbonyl (C=O) groups excluding carboxylic acids is 2. The first-order valence-corrected chi connectivity index (χ1v) is 12.3. The lowest BCUT2D eigenvalue weighted by molar-refractivity contribution is -0.116. The summed E-state index contributed by atoms with van der Waals surface area (Å²) in [4.78, 5) is 32.6. The minimum Gasteiger partial charge on any atom is -0.351 e. The summed E-state index contributed by atoms with van der Waals surface area (Å²) in [5.41, 5.74) is 4.06. The number of amides is 2. The van der Waals surface area contributed by atoms with Crippen LogP contribution in [0.3, 0.4) is 0 Å². The zero-order valence-electron chi connectivity index (χ0n) is 20.2. The number of nitrogens with zero attached hydrogens (tertiary/aromatic N) is 2. The summed E-state index contributed by atoms with van der Waals surface area (Å²) in [6.07, 6.45) is 5.62. The molecule has 0 saturated carbocycles. The summed E-state index contributed by atoms with van der Waals surface area (Å²) in [5, 5.41) is 14.4. The Morgan fingerprint density at radius 2 is 1.77 bits per heavy atom. The molecule has 0 radical (unpaired) electrons. The molecule has 7 nitrogen and oxygen atoms in total. The first kappa shape index (κ1) is 24.5. The Labute approximate surface area is 206 Å². The number of nitrogens with one attached hydrogen (secondary N) is 3. The van der Waals surface area contributed by atoms with E-state index in [0.29, 0.717) is 29.9 Å². The molecule has 35 heavy (non-hydrogen) atoms. The van der Waals surface area contributed by atoms with Gasteiger partial charge in [-0.1, -0.05) is 42.8 Å². The van der Waals surface area contributed by atoms with Crippen LogP contribution in [0.25, 0.3) is 0 Å². The van der Waals surface area contributed by atoms with E-state index in [1.807, 2.05) is 55.5 Å². The molecule has 2 aromatic carbocycles. The molecule has 1 saturated heterocycles. The number of rotatable bonds is 8. The first-order valence-electron chi connectivity index (χ1n) is 12.3. The second-order valence-electron chi connectivity index (χ2n) is 9.01. The van der Waals surface area contributed by atoms with Crippen molar-refractivity contribution in [2.24, 2.45) is 4.99 Å². The number of allylic oxidation sites excluding steroid dienone is 2. The van der Waals surface area contributed by atoms with E-state index in [2.05, 4.69) is 20.5 Å². The quantitative estimate of drug-likeness (QED) is 0.541. The first-order chi connectivity index (χ1) is 17.0. The van der Waals surface area contributed by atoms with E-state index in [1.165, 1.54) is 12.8 Å². The van der Waals surface area contributed by atoms with E-state index in [-0.39, 0.29) is 17.5 Å². The van der Waals surface area contributed by atoms with Gasteiger partial charge in [-0.05, 0) is 68.3 Å². The van der Waals surface area contributed by atoms with Gasteiger partial charge in [-0.3, -0.25) is 14.6 Å². The highest BCUT2D eigenvalue weighted by Crippen LogP contribution is 2.20. The molecule has 0 spiro atoms. The summed E-state index contributed by atoms with van der Waals surface area (Å²) in [6.45, 7) is 5.78. The molecule has 2 aliphatic rings. The summed E-state index contributed by atoms with van der Waals surface area (Å²) in [7, 11) is 0. The van der Waals surface area contributed by atoms with Crippen molar-refractivity contribution in [2.75, 3.05) is 31.5 Å². The van der Waals surface area contributed by atoms with Gasteiger partial charge in [-0.25, -0.2) is 0 Å². The van der Waals surface area contributed by atoms with E-state index >= 15 is 0 Å². The van der Waals surface area contributed by atoms with Gasteiger partial charge in [0.1, 0.15) is 0 Å². The minimum absolute atomic E-state index is 0.0924. The summed E-state index contributed by atoms with van der Waals surface area (Å²) < 4.78 is 0. The van der Waals surface area contributed by atoms with Crippen molar-refractivity contribution in [1.82, 2.24) is 10.2 Å². The Kier molecular flexibility index (Phi) is 8.21. The molecule has 2 aromatic rings. The Hall–Kier alpha value is -3.58. The third kappa shape index (κ3) is 6.51. The van der Waals surface area contributed by atoms with E-state index in [9.17, 15) is 9.59 Å². The van der Waals surface area contributed by atoms with Gasteiger partial charge >= 0.3 is 0 Å². The topological polar surface area (TPSA) is 97.7 Å². The molecule has 0 bridgehead atoms. The van der Waals surface area contributed by atoms with Crippen LogP contribution >= 0.6 is 0 Å². The molecule has 7 heteroatoms. The molecular formula is C28H33N5O2. The van der Waals surface area contributed by atoms with Crippen LogP contribution in [0.4, 0.5) is 5.69 Å². The SMILES string of the molecule is CCC1=CC(c2ccc(C(=O)NCCN3CCCC3)cc2)=NC(C(=O)Nc2ccccc2)C(=N)C1. The van der Waals surface area contributed by atoms with Crippen LogP contribution in [-0.4, -0.2) is 60.4 Å². The summed E-state index contributed by atoms with van der Waals surface area (Å²) in [5.74, 6) is -0.413. The highest BCUT2D eigenvalue weighted by molar-refractivity contribution is 6.18. The average Bonchev–Trinajstić information content (AvgIpc) is 3.33. The Morgan fingerprint density at radius 3 is 2.46 bits per heavy atom. The number of para-hydroxylation sites is 1. The molecule has 2 heterocycles. The zero-order valence-corrected chi connectivity index (χ0v) is 20.2. The Bertz CT molecular complexity index is 1120. The van der Waals surface area contributed by atoms with E-state index in [0.717, 1.165) is 37.2 Å². The van der Waals surface area contributed by atoms with E-state index < -0.39 is 6.04 Å². The molecular weight excluding hydrogens is 438 g/mol. The molecule has 1 atom stereocenters. The van der Waals surface area contributed by atoms with Crippen LogP contribution < -0.4 is 10.6 Å². The van der Waals surface area contributed by atoms with Gasteiger partial charge in [0.15, 0.2) is 6.04 Å². The van der Waals surface area contributed by atoms with Crippen LogP contribution in [0.5, 0.6) is 0 Å². The number of hydrogen-bond acceptors (Lipinski definition) is 5. The normalized spacial score (nSPS) is 18.4. The maximum absolute atomic E-state index is 13.0. The third-order valence-corrected chi connectivity index (χ3v) is 6.46. The molecule has 4 rings (SSSR count). The predicted octanol–water partition coefficient (Wildman–Crippen LogP) is 4.07. The van der Waals surface area contributed by atoms with Gasteiger partial charge < -0.3 is 20.9 Å². The summed E-state index contributed by atoms with van der Waals surface area (Å²) in [6, 6.07) is 15.6. The maximum Gasteiger partial charge on any atom is 0.255 e. The average molecular weight is 472 g/mol. The fourth-order valence-corrected chi connectivity index (χ4v) is 4.40. The van der Waals surface area contributed by atoms with Gasteiger partial charge in [0, 0.05) is 36.5 Å². The molecule has 0 aromatic heterocycles. The van der Waals surface area contributed by atoms with Crippen molar-refractivity contribution in [1.29, 1.82) is 5.41 Å². The van der Waals surface area contributed by atoms with Crippen LogP contribution in [-0.2, 0) is 4.79 Å². The van der Waals surface area contributed by atoms with Crippen molar-refractivity contribution in [3.05, 3.63) is 77.4 Å². The van der Waals surface area contributed by atoms with Crippen LogP contribution in [0.2, 0.25) is 0 Å². The second kappa shape index (κ2) is 11.7. The lowest BCUT2D eigenvalue weighted by Crippen LogP contribution is -2.33. The number of hydrogen-bond donors (Lipinski definition) is 3. The fraction of sp³-hybridized carbons (Fsp3) is 0.357. The third-order valence-electron chi connectivity index (χ3n) is 6.46. The monoisotopic (exact) mass is 471 g/mol. The zero-order chi connectivity index (χ0) is 24.6. The number of aliphatic imine (C=N–C) groups is 1. The Balaban J connectivity index is 1.47. The highest BCUT2D eigenvalue weighted by atomic mass is 16.2.